The molecule has 0 spiro atoms. The number of hydrogen-bond acceptors (Lipinski definition) is 3. The van der Waals surface area contributed by atoms with Crippen LogP contribution < -0.4 is 5.32 Å². The smallest absolute Gasteiger partial charge is 0.307 e. The fraction of sp³-hybridized carbons (Fsp3) is 0.833. The second-order valence-corrected chi connectivity index (χ2v) is 4.81. The van der Waals surface area contributed by atoms with Crippen LogP contribution in [0.1, 0.15) is 27.2 Å². The highest BCUT2D eigenvalue weighted by Crippen LogP contribution is 2.38. The van der Waals surface area contributed by atoms with Crippen LogP contribution >= 0.6 is 0 Å². The van der Waals surface area contributed by atoms with Crippen LogP contribution in [0.25, 0.3) is 0 Å². The van der Waals surface area contributed by atoms with Crippen molar-refractivity contribution in [3.05, 3.63) is 0 Å². The van der Waals surface area contributed by atoms with Crippen LogP contribution in [0.3, 0.4) is 0 Å². The predicted molar refractivity (Wildman–Crippen MR) is 62.5 cm³/mol. The number of aliphatic carboxylic acids is 1. The molecule has 0 radical (unpaired) electrons. The topological polar surface area (TPSA) is 75.6 Å². The van der Waals surface area contributed by atoms with Crippen molar-refractivity contribution in [2.45, 2.75) is 33.2 Å². The monoisotopic (exact) mass is 243 g/mol. The van der Waals surface area contributed by atoms with Crippen LogP contribution in [0.15, 0.2) is 0 Å². The molecule has 17 heavy (non-hydrogen) atoms. The Hall–Kier alpha value is -1.10. The Labute approximate surface area is 102 Å². The fourth-order valence-electron chi connectivity index (χ4n) is 1.69. The molecule has 1 unspecified atom stereocenters. The molecule has 5 nitrogen and oxygen atoms in total. The van der Waals surface area contributed by atoms with E-state index in [0.29, 0.717) is 19.6 Å². The summed E-state index contributed by atoms with van der Waals surface area (Å²) in [5, 5.41) is 11.6. The number of rotatable bonds is 7. The summed E-state index contributed by atoms with van der Waals surface area (Å²) in [6.45, 7) is 7.00. The van der Waals surface area contributed by atoms with E-state index < -0.39 is 11.9 Å². The summed E-state index contributed by atoms with van der Waals surface area (Å²) in [5.74, 6) is -1.61. The van der Waals surface area contributed by atoms with E-state index in [0.717, 1.165) is 0 Å². The quantitative estimate of drug-likeness (QED) is 0.696. The third-order valence-electron chi connectivity index (χ3n) is 3.08. The molecule has 1 aliphatic carbocycles. The summed E-state index contributed by atoms with van der Waals surface area (Å²) in [6.07, 6.45) is 0.459. The third kappa shape index (κ3) is 4.00. The van der Waals surface area contributed by atoms with Crippen molar-refractivity contribution in [1.29, 1.82) is 0 Å². The molecule has 5 heteroatoms. The lowest BCUT2D eigenvalue weighted by Gasteiger charge is -2.22. The van der Waals surface area contributed by atoms with Gasteiger partial charge in [0.15, 0.2) is 0 Å². The van der Waals surface area contributed by atoms with Crippen molar-refractivity contribution in [1.82, 2.24) is 5.32 Å². The van der Waals surface area contributed by atoms with Gasteiger partial charge in [-0.1, -0.05) is 13.8 Å². The lowest BCUT2D eigenvalue weighted by molar-refractivity contribution is -0.140. The van der Waals surface area contributed by atoms with E-state index in [2.05, 4.69) is 5.32 Å². The van der Waals surface area contributed by atoms with Gasteiger partial charge in [-0.05, 0) is 19.3 Å². The normalized spacial score (nSPS) is 24.5. The SMILES string of the molecule is CCOCC(NC(=O)[C@@H]1C[C@@H]1C(=O)O)C(C)C. The van der Waals surface area contributed by atoms with E-state index in [4.69, 9.17) is 9.84 Å². The molecule has 0 heterocycles. The molecule has 98 valence electrons. The van der Waals surface area contributed by atoms with Crippen molar-refractivity contribution in [2.75, 3.05) is 13.2 Å². The Balaban J connectivity index is 2.40. The molecule has 2 N–H and O–H groups in total. The van der Waals surface area contributed by atoms with Crippen LogP contribution in [0.4, 0.5) is 0 Å². The molecule has 1 rings (SSSR count). The summed E-state index contributed by atoms with van der Waals surface area (Å²) < 4.78 is 5.30. The predicted octanol–water partition coefficient (Wildman–Crippen LogP) is 0.884. The van der Waals surface area contributed by atoms with Crippen LogP contribution in [0.5, 0.6) is 0 Å². The van der Waals surface area contributed by atoms with Crippen molar-refractivity contribution in [3.63, 3.8) is 0 Å². The number of carboxylic acids is 1. The Morgan fingerprint density at radius 2 is 2.06 bits per heavy atom. The lowest BCUT2D eigenvalue weighted by atomic mass is 10.1. The third-order valence-corrected chi connectivity index (χ3v) is 3.08. The number of carbonyl (C=O) groups excluding carboxylic acids is 1. The number of hydrogen-bond donors (Lipinski definition) is 2. The molecular formula is C12H21NO4. The zero-order valence-corrected chi connectivity index (χ0v) is 10.6. The van der Waals surface area contributed by atoms with E-state index in [1.165, 1.54) is 0 Å². The van der Waals surface area contributed by atoms with Gasteiger partial charge < -0.3 is 15.2 Å². The Morgan fingerprint density at radius 3 is 2.47 bits per heavy atom. The zero-order valence-electron chi connectivity index (χ0n) is 10.6. The number of amides is 1. The number of ether oxygens (including phenoxy) is 1. The van der Waals surface area contributed by atoms with Gasteiger partial charge in [-0.2, -0.15) is 0 Å². The highest BCUT2D eigenvalue weighted by Gasteiger charge is 2.48. The van der Waals surface area contributed by atoms with Gasteiger partial charge in [-0.15, -0.1) is 0 Å². The van der Waals surface area contributed by atoms with Crippen molar-refractivity contribution < 1.29 is 19.4 Å². The van der Waals surface area contributed by atoms with Gasteiger partial charge in [0.2, 0.25) is 5.91 Å². The minimum absolute atomic E-state index is 0.0440. The van der Waals surface area contributed by atoms with E-state index >= 15 is 0 Å². The highest BCUT2D eigenvalue weighted by atomic mass is 16.5. The Morgan fingerprint density at radius 1 is 1.41 bits per heavy atom. The molecular weight excluding hydrogens is 222 g/mol. The lowest BCUT2D eigenvalue weighted by Crippen LogP contribution is -2.43. The molecule has 0 saturated heterocycles. The summed E-state index contributed by atoms with van der Waals surface area (Å²) >= 11 is 0. The summed E-state index contributed by atoms with van der Waals surface area (Å²) in [4.78, 5) is 22.4. The standard InChI is InChI=1S/C12H21NO4/c1-4-17-6-10(7(2)3)13-11(14)8-5-9(8)12(15)16/h7-10H,4-6H2,1-3H3,(H,13,14)(H,15,16)/t8-,9+,10?/m1/s1. The van der Waals surface area contributed by atoms with Gasteiger partial charge in [0.05, 0.1) is 24.5 Å². The van der Waals surface area contributed by atoms with Crippen molar-refractivity contribution in [2.24, 2.45) is 17.8 Å². The molecule has 1 fully saturated rings. The second kappa shape index (κ2) is 6.00. The first kappa shape index (κ1) is 14.0. The first-order valence-electron chi connectivity index (χ1n) is 6.08. The minimum Gasteiger partial charge on any atom is -0.481 e. The molecule has 0 aliphatic heterocycles. The van der Waals surface area contributed by atoms with E-state index in [1.807, 2.05) is 20.8 Å². The van der Waals surface area contributed by atoms with Crippen molar-refractivity contribution >= 4 is 11.9 Å². The average molecular weight is 243 g/mol. The number of nitrogens with one attached hydrogen (secondary N) is 1. The van der Waals surface area contributed by atoms with E-state index in [9.17, 15) is 9.59 Å². The summed E-state index contributed by atoms with van der Waals surface area (Å²) in [5.41, 5.74) is 0. The van der Waals surface area contributed by atoms with E-state index in [1.54, 1.807) is 0 Å². The Kier molecular flexibility index (Phi) is 4.93. The van der Waals surface area contributed by atoms with Gasteiger partial charge >= 0.3 is 5.97 Å². The maximum Gasteiger partial charge on any atom is 0.307 e. The Bertz CT molecular complexity index is 290. The fourth-order valence-corrected chi connectivity index (χ4v) is 1.69. The molecule has 1 saturated carbocycles. The van der Waals surface area contributed by atoms with E-state index in [-0.39, 0.29) is 23.8 Å². The average Bonchev–Trinajstić information content (AvgIpc) is 3.03. The minimum atomic E-state index is -0.879. The first-order chi connectivity index (χ1) is 7.97. The summed E-state index contributed by atoms with van der Waals surface area (Å²) in [6, 6.07) is -0.0440. The largest absolute Gasteiger partial charge is 0.481 e. The van der Waals surface area contributed by atoms with Crippen molar-refractivity contribution in [3.8, 4) is 0 Å². The molecule has 0 aromatic heterocycles. The molecule has 0 aromatic carbocycles. The second-order valence-electron chi connectivity index (χ2n) is 4.81. The molecule has 1 amide bonds. The van der Waals surface area contributed by atoms with Gasteiger partial charge in [0.25, 0.3) is 0 Å². The molecule has 3 atom stereocenters. The number of carboxylic acid groups (broad SMARTS) is 1. The zero-order chi connectivity index (χ0) is 13.0. The number of carbonyl (C=O) groups is 2. The van der Waals surface area contributed by atoms with Crippen LogP contribution in [-0.2, 0) is 14.3 Å². The maximum absolute atomic E-state index is 11.8. The van der Waals surface area contributed by atoms with Gasteiger partial charge in [-0.3, -0.25) is 9.59 Å². The van der Waals surface area contributed by atoms with Gasteiger partial charge in [0, 0.05) is 6.61 Å². The van der Waals surface area contributed by atoms with Gasteiger partial charge in [-0.25, -0.2) is 0 Å². The molecule has 1 aliphatic rings. The first-order valence-corrected chi connectivity index (χ1v) is 6.08. The van der Waals surface area contributed by atoms with Crippen LogP contribution in [0.2, 0.25) is 0 Å². The van der Waals surface area contributed by atoms with Crippen LogP contribution in [-0.4, -0.2) is 36.2 Å². The van der Waals surface area contributed by atoms with Gasteiger partial charge in [0.1, 0.15) is 0 Å². The van der Waals surface area contributed by atoms with Crippen LogP contribution in [0, 0.1) is 17.8 Å². The highest BCUT2D eigenvalue weighted by molar-refractivity contribution is 5.89. The molecule has 0 aromatic rings. The summed E-state index contributed by atoms with van der Waals surface area (Å²) in [7, 11) is 0. The maximum atomic E-state index is 11.8. The molecule has 0 bridgehead atoms.